The Morgan fingerprint density at radius 1 is 1.16 bits per heavy atom. The Balaban J connectivity index is 2.15. The number of fused-ring (bicyclic) bond motifs is 1. The summed E-state index contributed by atoms with van der Waals surface area (Å²) < 4.78 is 0. The maximum Gasteiger partial charge on any atom is 0.133 e. The molecular formula is C16H23N3. The summed E-state index contributed by atoms with van der Waals surface area (Å²) in [5.41, 5.74) is 1.31. The number of benzene rings is 1. The number of anilines is 1. The van der Waals surface area contributed by atoms with Gasteiger partial charge in [0.15, 0.2) is 0 Å². The largest absolute Gasteiger partial charge is 0.370 e. The molecule has 0 spiro atoms. The van der Waals surface area contributed by atoms with Crippen molar-refractivity contribution in [1.82, 2.24) is 9.88 Å². The van der Waals surface area contributed by atoms with E-state index in [4.69, 9.17) is 0 Å². The number of pyridine rings is 1. The molecule has 0 saturated heterocycles. The summed E-state index contributed by atoms with van der Waals surface area (Å²) in [6.07, 6.45) is 4.14. The van der Waals surface area contributed by atoms with E-state index in [0.29, 0.717) is 0 Å². The molecule has 1 N–H and O–H groups in total. The molecule has 0 amide bonds. The van der Waals surface area contributed by atoms with E-state index in [-0.39, 0.29) is 0 Å². The van der Waals surface area contributed by atoms with Gasteiger partial charge in [0, 0.05) is 18.1 Å². The number of hydrogen-bond donors (Lipinski definition) is 1. The minimum atomic E-state index is 0.959. The summed E-state index contributed by atoms with van der Waals surface area (Å²) >= 11 is 0. The van der Waals surface area contributed by atoms with Gasteiger partial charge in [-0.15, -0.1) is 0 Å². The maximum absolute atomic E-state index is 4.57. The number of rotatable bonds is 6. The maximum atomic E-state index is 4.57. The minimum Gasteiger partial charge on any atom is -0.370 e. The molecule has 0 radical (unpaired) electrons. The Hall–Kier alpha value is -1.61. The predicted octanol–water partition coefficient (Wildman–Crippen LogP) is 3.16. The fraction of sp³-hybridized carbons (Fsp3) is 0.438. The van der Waals surface area contributed by atoms with Crippen LogP contribution in [0.1, 0.15) is 18.9 Å². The van der Waals surface area contributed by atoms with E-state index < -0.39 is 0 Å². The van der Waals surface area contributed by atoms with Crippen molar-refractivity contribution < 1.29 is 0 Å². The highest BCUT2D eigenvalue weighted by Crippen LogP contribution is 2.24. The molecule has 0 unspecified atom stereocenters. The average Bonchev–Trinajstić information content (AvgIpc) is 2.43. The first-order valence-corrected chi connectivity index (χ1v) is 6.97. The molecule has 0 aliphatic carbocycles. The summed E-state index contributed by atoms with van der Waals surface area (Å²) in [4.78, 5) is 6.77. The molecule has 1 aromatic carbocycles. The zero-order chi connectivity index (χ0) is 13.7. The molecule has 102 valence electrons. The number of aryl methyl sites for hydroxylation is 1. The summed E-state index contributed by atoms with van der Waals surface area (Å²) in [7, 11) is 4.20. The smallest absolute Gasteiger partial charge is 0.133 e. The van der Waals surface area contributed by atoms with Crippen LogP contribution in [0.2, 0.25) is 0 Å². The topological polar surface area (TPSA) is 28.2 Å². The zero-order valence-corrected chi connectivity index (χ0v) is 12.1. The Labute approximate surface area is 115 Å². The lowest BCUT2D eigenvalue weighted by atomic mass is 10.1. The Morgan fingerprint density at radius 3 is 2.58 bits per heavy atom. The van der Waals surface area contributed by atoms with Gasteiger partial charge in [0.2, 0.25) is 0 Å². The third-order valence-corrected chi connectivity index (χ3v) is 3.33. The fourth-order valence-corrected chi connectivity index (χ4v) is 2.28. The number of aromatic nitrogens is 1. The highest BCUT2D eigenvalue weighted by molar-refractivity contribution is 5.93. The highest BCUT2D eigenvalue weighted by atomic mass is 15.1. The van der Waals surface area contributed by atoms with Gasteiger partial charge in [0.05, 0.1) is 0 Å². The lowest BCUT2D eigenvalue weighted by Crippen LogP contribution is -2.16. The van der Waals surface area contributed by atoms with Gasteiger partial charge in [-0.1, -0.05) is 31.2 Å². The quantitative estimate of drug-likeness (QED) is 0.806. The average molecular weight is 257 g/mol. The zero-order valence-electron chi connectivity index (χ0n) is 12.1. The van der Waals surface area contributed by atoms with Crippen LogP contribution in [0.25, 0.3) is 10.8 Å². The van der Waals surface area contributed by atoms with Crippen molar-refractivity contribution in [2.24, 2.45) is 0 Å². The van der Waals surface area contributed by atoms with Crippen LogP contribution in [0, 0.1) is 0 Å². The van der Waals surface area contributed by atoms with Gasteiger partial charge in [0.1, 0.15) is 5.82 Å². The van der Waals surface area contributed by atoms with Crippen molar-refractivity contribution in [3.05, 3.63) is 36.0 Å². The first kappa shape index (κ1) is 13.8. The summed E-state index contributed by atoms with van der Waals surface area (Å²) in [6, 6.07) is 8.50. The molecule has 3 heteroatoms. The van der Waals surface area contributed by atoms with E-state index in [2.05, 4.69) is 60.5 Å². The molecule has 19 heavy (non-hydrogen) atoms. The Morgan fingerprint density at radius 2 is 1.89 bits per heavy atom. The van der Waals surface area contributed by atoms with E-state index >= 15 is 0 Å². The van der Waals surface area contributed by atoms with Gasteiger partial charge in [0.25, 0.3) is 0 Å². The molecule has 2 rings (SSSR count). The lowest BCUT2D eigenvalue weighted by Gasteiger charge is -2.13. The molecule has 0 aliphatic rings. The molecule has 0 aliphatic heterocycles. The second kappa shape index (κ2) is 6.53. The van der Waals surface area contributed by atoms with Crippen LogP contribution in [-0.2, 0) is 6.42 Å². The van der Waals surface area contributed by atoms with E-state index in [1.54, 1.807) is 0 Å². The molecule has 0 atom stereocenters. The van der Waals surface area contributed by atoms with Crippen LogP contribution >= 0.6 is 0 Å². The summed E-state index contributed by atoms with van der Waals surface area (Å²) in [5, 5.41) is 6.00. The molecule has 2 aromatic rings. The van der Waals surface area contributed by atoms with Crippen molar-refractivity contribution in [3.8, 4) is 0 Å². The second-order valence-electron chi connectivity index (χ2n) is 5.11. The third-order valence-electron chi connectivity index (χ3n) is 3.33. The van der Waals surface area contributed by atoms with Crippen molar-refractivity contribution in [1.29, 1.82) is 0 Å². The SMILES string of the molecule is CCc1cnc(NCCCN(C)C)c2ccccc12. The van der Waals surface area contributed by atoms with Gasteiger partial charge in [-0.05, 0) is 44.4 Å². The van der Waals surface area contributed by atoms with Crippen LogP contribution in [0.3, 0.4) is 0 Å². The van der Waals surface area contributed by atoms with Crippen molar-refractivity contribution in [2.75, 3.05) is 32.5 Å². The highest BCUT2D eigenvalue weighted by Gasteiger charge is 2.05. The predicted molar refractivity (Wildman–Crippen MR) is 82.8 cm³/mol. The molecule has 0 bridgehead atoms. The van der Waals surface area contributed by atoms with Crippen molar-refractivity contribution in [2.45, 2.75) is 19.8 Å². The molecule has 0 fully saturated rings. The van der Waals surface area contributed by atoms with Gasteiger partial charge < -0.3 is 10.2 Å². The summed E-state index contributed by atoms with van der Waals surface area (Å²) in [5.74, 6) is 1.01. The molecular weight excluding hydrogens is 234 g/mol. The number of nitrogens with zero attached hydrogens (tertiary/aromatic N) is 2. The fourth-order valence-electron chi connectivity index (χ4n) is 2.28. The van der Waals surface area contributed by atoms with Crippen molar-refractivity contribution in [3.63, 3.8) is 0 Å². The van der Waals surface area contributed by atoms with E-state index in [0.717, 1.165) is 31.7 Å². The molecule has 0 saturated carbocycles. The van der Waals surface area contributed by atoms with Crippen LogP contribution in [0.15, 0.2) is 30.5 Å². The van der Waals surface area contributed by atoms with Crippen LogP contribution in [0.5, 0.6) is 0 Å². The Bertz CT molecular complexity index is 535. The monoisotopic (exact) mass is 257 g/mol. The van der Waals surface area contributed by atoms with Crippen LogP contribution in [-0.4, -0.2) is 37.1 Å². The second-order valence-corrected chi connectivity index (χ2v) is 5.11. The number of nitrogens with one attached hydrogen (secondary N) is 1. The third kappa shape index (κ3) is 3.44. The molecule has 3 nitrogen and oxygen atoms in total. The van der Waals surface area contributed by atoms with Gasteiger partial charge in [-0.3, -0.25) is 0 Å². The van der Waals surface area contributed by atoms with Gasteiger partial charge in [-0.2, -0.15) is 0 Å². The van der Waals surface area contributed by atoms with E-state index in [1.165, 1.54) is 16.3 Å². The van der Waals surface area contributed by atoms with E-state index in [9.17, 15) is 0 Å². The molecule has 1 heterocycles. The molecule has 1 aromatic heterocycles. The summed E-state index contributed by atoms with van der Waals surface area (Å²) in [6.45, 7) is 4.23. The first-order chi connectivity index (χ1) is 9.22. The number of hydrogen-bond acceptors (Lipinski definition) is 3. The van der Waals surface area contributed by atoms with E-state index in [1.807, 2.05) is 6.20 Å². The van der Waals surface area contributed by atoms with Crippen molar-refractivity contribution >= 4 is 16.6 Å². The lowest BCUT2D eigenvalue weighted by molar-refractivity contribution is 0.405. The van der Waals surface area contributed by atoms with Crippen LogP contribution in [0.4, 0.5) is 5.82 Å². The van der Waals surface area contributed by atoms with Gasteiger partial charge in [-0.25, -0.2) is 4.98 Å². The minimum absolute atomic E-state index is 0.959. The Kier molecular flexibility index (Phi) is 4.74. The first-order valence-electron chi connectivity index (χ1n) is 6.97. The van der Waals surface area contributed by atoms with Gasteiger partial charge >= 0.3 is 0 Å². The standard InChI is InChI=1S/C16H23N3/c1-4-13-12-18-16(17-10-7-11-19(2)3)15-9-6-5-8-14(13)15/h5-6,8-9,12H,4,7,10-11H2,1-3H3,(H,17,18). The normalized spacial score (nSPS) is 11.2. The van der Waals surface area contributed by atoms with Crippen LogP contribution < -0.4 is 5.32 Å².